The van der Waals surface area contributed by atoms with Crippen LogP contribution in [-0.4, -0.2) is 28.2 Å². The number of hydrogen-bond acceptors (Lipinski definition) is 4. The number of aromatic nitrogens is 2. The number of rotatable bonds is 9. The van der Waals surface area contributed by atoms with Gasteiger partial charge in [0.05, 0.1) is 17.8 Å². The molecule has 0 spiro atoms. The van der Waals surface area contributed by atoms with Gasteiger partial charge in [-0.3, -0.25) is 18.9 Å². The van der Waals surface area contributed by atoms with E-state index < -0.39 is 0 Å². The van der Waals surface area contributed by atoms with Crippen molar-refractivity contribution in [2.75, 3.05) is 11.4 Å². The van der Waals surface area contributed by atoms with E-state index in [1.807, 2.05) is 34.9 Å². The monoisotopic (exact) mass is 398 g/mol. The van der Waals surface area contributed by atoms with E-state index in [2.05, 4.69) is 24.1 Å². The highest BCUT2D eigenvalue weighted by molar-refractivity contribution is 7.09. The van der Waals surface area contributed by atoms with Gasteiger partial charge in [-0.1, -0.05) is 26.8 Å². The number of nitrogens with one attached hydrogen (secondary N) is 1. The molecule has 0 unspecified atom stereocenters. The van der Waals surface area contributed by atoms with E-state index in [9.17, 15) is 9.59 Å². The van der Waals surface area contributed by atoms with Crippen molar-refractivity contribution in [2.45, 2.75) is 40.2 Å². The maximum Gasteiger partial charge on any atom is 0.253 e. The van der Waals surface area contributed by atoms with E-state index in [0.717, 1.165) is 34.9 Å². The Bertz CT molecular complexity index is 947. The Kier molecular flexibility index (Phi) is 6.46. The summed E-state index contributed by atoms with van der Waals surface area (Å²) in [7, 11) is 0. The quantitative estimate of drug-likeness (QED) is 0.556. The summed E-state index contributed by atoms with van der Waals surface area (Å²) in [6, 6.07) is 7.56. The lowest BCUT2D eigenvalue weighted by Gasteiger charge is -2.19. The highest BCUT2D eigenvalue weighted by atomic mass is 32.1. The number of thiophene rings is 1. The van der Waals surface area contributed by atoms with E-state index in [0.29, 0.717) is 31.0 Å². The third-order valence-electron chi connectivity index (χ3n) is 4.61. The van der Waals surface area contributed by atoms with Crippen molar-refractivity contribution in [1.82, 2.24) is 14.7 Å². The zero-order valence-corrected chi connectivity index (χ0v) is 17.3. The number of hydrogen-bond donors (Lipinski definition) is 1. The first-order valence-corrected chi connectivity index (χ1v) is 10.4. The number of anilines is 1. The molecule has 6 nitrogen and oxygen atoms in total. The van der Waals surface area contributed by atoms with Crippen LogP contribution in [0.25, 0.3) is 5.65 Å². The highest BCUT2D eigenvalue weighted by Crippen LogP contribution is 2.24. The second kappa shape index (κ2) is 9.01. The number of carbonyl (C=O) groups excluding carboxylic acids is 2. The largest absolute Gasteiger partial charge is 0.347 e. The van der Waals surface area contributed by atoms with E-state index in [1.165, 1.54) is 0 Å². The lowest BCUT2D eigenvalue weighted by molar-refractivity contribution is -0.107. The molecule has 0 bridgehead atoms. The SMILES string of the molecule is CCc1nc2ccc(C(=O)NCc3cccs3)cn2c1N(C=O)CCC(C)C. The second-order valence-corrected chi connectivity index (χ2v) is 8.16. The van der Waals surface area contributed by atoms with Crippen LogP contribution in [-0.2, 0) is 17.8 Å². The maximum absolute atomic E-state index is 12.6. The summed E-state index contributed by atoms with van der Waals surface area (Å²) in [6.07, 6.45) is 4.24. The van der Waals surface area contributed by atoms with Crippen LogP contribution in [0.4, 0.5) is 5.82 Å². The zero-order chi connectivity index (χ0) is 20.1. The first-order valence-electron chi connectivity index (χ1n) is 9.57. The summed E-state index contributed by atoms with van der Waals surface area (Å²) in [5.74, 6) is 1.10. The van der Waals surface area contributed by atoms with E-state index in [1.54, 1.807) is 28.5 Å². The Balaban J connectivity index is 1.90. The molecule has 1 N–H and O–H groups in total. The molecule has 0 saturated heterocycles. The molecule has 3 rings (SSSR count). The molecule has 0 atom stereocenters. The molecule has 0 aliphatic carbocycles. The van der Waals surface area contributed by atoms with Crippen LogP contribution in [0.3, 0.4) is 0 Å². The molecule has 2 amide bonds. The maximum atomic E-state index is 12.6. The standard InChI is InChI=1S/C21H26N4O2S/c1-4-18-21(24(14-26)10-9-15(2)3)25-13-16(7-8-19(25)23-18)20(27)22-12-17-6-5-11-28-17/h5-8,11,13-15H,4,9-10,12H2,1-3H3,(H,22,27). The van der Waals surface area contributed by atoms with Gasteiger partial charge in [0.1, 0.15) is 11.5 Å². The normalized spacial score (nSPS) is 11.1. The predicted octanol–water partition coefficient (Wildman–Crippen LogP) is 3.90. The summed E-state index contributed by atoms with van der Waals surface area (Å²) in [5, 5.41) is 4.93. The van der Waals surface area contributed by atoms with Gasteiger partial charge in [0.15, 0.2) is 0 Å². The fourth-order valence-electron chi connectivity index (χ4n) is 3.05. The van der Waals surface area contributed by atoms with Crippen molar-refractivity contribution < 1.29 is 9.59 Å². The summed E-state index contributed by atoms with van der Waals surface area (Å²) < 4.78 is 1.85. The van der Waals surface area contributed by atoms with Crippen molar-refractivity contribution in [2.24, 2.45) is 5.92 Å². The summed E-state index contributed by atoms with van der Waals surface area (Å²) >= 11 is 1.61. The molecule has 148 valence electrons. The molecular formula is C21H26N4O2S. The van der Waals surface area contributed by atoms with Crippen LogP contribution in [0.15, 0.2) is 35.8 Å². The zero-order valence-electron chi connectivity index (χ0n) is 16.5. The molecule has 0 saturated carbocycles. The Hall–Kier alpha value is -2.67. The van der Waals surface area contributed by atoms with Gasteiger partial charge in [0.2, 0.25) is 6.41 Å². The van der Waals surface area contributed by atoms with E-state index in [-0.39, 0.29) is 5.91 Å². The fourth-order valence-corrected chi connectivity index (χ4v) is 3.69. The molecule has 0 aliphatic heterocycles. The van der Waals surface area contributed by atoms with E-state index >= 15 is 0 Å². The lowest BCUT2D eigenvalue weighted by Crippen LogP contribution is -2.26. The van der Waals surface area contributed by atoms with Crippen LogP contribution in [0.2, 0.25) is 0 Å². The average Bonchev–Trinajstić information content (AvgIpc) is 3.33. The topological polar surface area (TPSA) is 66.7 Å². The first-order chi connectivity index (χ1) is 13.5. The minimum Gasteiger partial charge on any atom is -0.347 e. The molecule has 0 aromatic carbocycles. The number of fused-ring (bicyclic) bond motifs is 1. The Morgan fingerprint density at radius 2 is 2.18 bits per heavy atom. The number of carbonyl (C=O) groups is 2. The van der Waals surface area contributed by atoms with Crippen molar-refractivity contribution >= 4 is 35.1 Å². The molecule has 3 aromatic heterocycles. The lowest BCUT2D eigenvalue weighted by atomic mass is 10.1. The first kappa shape index (κ1) is 20.1. The van der Waals surface area contributed by atoms with Crippen molar-refractivity contribution in [3.05, 3.63) is 52.0 Å². The molecule has 7 heteroatoms. The second-order valence-electron chi connectivity index (χ2n) is 7.12. The number of amides is 2. The van der Waals surface area contributed by atoms with Gasteiger partial charge in [-0.25, -0.2) is 4.98 Å². The van der Waals surface area contributed by atoms with Crippen molar-refractivity contribution in [3.63, 3.8) is 0 Å². The third kappa shape index (κ3) is 4.42. The fraction of sp³-hybridized carbons (Fsp3) is 0.381. The van der Waals surface area contributed by atoms with Gasteiger partial charge in [-0.2, -0.15) is 0 Å². The number of aryl methyl sites for hydroxylation is 1. The average molecular weight is 399 g/mol. The smallest absolute Gasteiger partial charge is 0.253 e. The number of imidazole rings is 1. The molecule has 0 radical (unpaired) electrons. The summed E-state index contributed by atoms with van der Waals surface area (Å²) in [4.78, 5) is 31.8. The van der Waals surface area contributed by atoms with Gasteiger partial charge in [0, 0.05) is 17.6 Å². The minimum atomic E-state index is -0.146. The molecule has 0 aliphatic rings. The van der Waals surface area contributed by atoms with Gasteiger partial charge >= 0.3 is 0 Å². The van der Waals surface area contributed by atoms with Gasteiger partial charge in [-0.05, 0) is 42.3 Å². The van der Waals surface area contributed by atoms with Crippen molar-refractivity contribution in [1.29, 1.82) is 0 Å². The summed E-state index contributed by atoms with van der Waals surface area (Å²) in [5.41, 5.74) is 2.13. The Morgan fingerprint density at radius 3 is 2.82 bits per heavy atom. The van der Waals surface area contributed by atoms with Crippen LogP contribution in [0.5, 0.6) is 0 Å². The van der Waals surface area contributed by atoms with Crippen LogP contribution in [0.1, 0.15) is 48.1 Å². The van der Waals surface area contributed by atoms with Gasteiger partial charge < -0.3 is 5.32 Å². The van der Waals surface area contributed by atoms with Crippen LogP contribution < -0.4 is 10.2 Å². The third-order valence-corrected chi connectivity index (χ3v) is 5.49. The van der Waals surface area contributed by atoms with Gasteiger partial charge in [0.25, 0.3) is 5.91 Å². The highest BCUT2D eigenvalue weighted by Gasteiger charge is 2.19. The minimum absolute atomic E-state index is 0.146. The van der Waals surface area contributed by atoms with Crippen LogP contribution >= 0.6 is 11.3 Å². The number of nitrogens with zero attached hydrogens (tertiary/aromatic N) is 3. The summed E-state index contributed by atoms with van der Waals surface area (Å²) in [6.45, 7) is 7.41. The molecule has 3 aromatic rings. The molecule has 3 heterocycles. The van der Waals surface area contributed by atoms with Crippen LogP contribution in [0, 0.1) is 5.92 Å². The molecule has 0 fully saturated rings. The van der Waals surface area contributed by atoms with Gasteiger partial charge in [-0.15, -0.1) is 11.3 Å². The Morgan fingerprint density at radius 1 is 1.36 bits per heavy atom. The number of pyridine rings is 1. The molecule has 28 heavy (non-hydrogen) atoms. The predicted molar refractivity (Wildman–Crippen MR) is 113 cm³/mol. The Labute approximate surface area is 169 Å². The van der Waals surface area contributed by atoms with E-state index in [4.69, 9.17) is 0 Å². The molecular weight excluding hydrogens is 372 g/mol. The van der Waals surface area contributed by atoms with Crippen molar-refractivity contribution in [3.8, 4) is 0 Å².